The van der Waals surface area contributed by atoms with Crippen LogP contribution in [0, 0.1) is 46.3 Å². The van der Waals surface area contributed by atoms with Crippen LogP contribution in [-0.2, 0) is 14.2 Å². The second-order valence-electron chi connectivity index (χ2n) is 17.8. The third kappa shape index (κ3) is 8.36. The van der Waals surface area contributed by atoms with Gasteiger partial charge in [-0.3, -0.25) is 0 Å². The lowest BCUT2D eigenvalue weighted by Gasteiger charge is -2.58. The summed E-state index contributed by atoms with van der Waals surface area (Å²) < 4.78 is 19.1. The van der Waals surface area contributed by atoms with Gasteiger partial charge in [-0.25, -0.2) is 0 Å². The summed E-state index contributed by atoms with van der Waals surface area (Å²) in [5, 5.41) is 0. The molecule has 7 unspecified atom stereocenters. The lowest BCUT2D eigenvalue weighted by atomic mass is 9.47. The molecule has 256 valence electrons. The minimum absolute atomic E-state index is 0.0773. The summed E-state index contributed by atoms with van der Waals surface area (Å²) in [4.78, 5) is 0. The SMILES string of the molecule is CCCOC(C)(CC)CCOC(C)(C)CCOC1CC[C@@]2(C)C(=CCC3C4CCC(C(C)CCCC(C)C)[C@@]4(C)CCC32)C1. The molecule has 0 saturated heterocycles. The molecule has 3 nitrogen and oxygen atoms in total. The monoisotopic (exact) mass is 615 g/mol. The predicted octanol–water partition coefficient (Wildman–Crippen LogP) is 11.6. The van der Waals surface area contributed by atoms with Gasteiger partial charge in [0.25, 0.3) is 0 Å². The highest BCUT2D eigenvalue weighted by molar-refractivity contribution is 5.25. The Morgan fingerprint density at radius 3 is 2.34 bits per heavy atom. The molecule has 4 aliphatic carbocycles. The van der Waals surface area contributed by atoms with Crippen LogP contribution in [0.3, 0.4) is 0 Å². The molecule has 4 aliphatic rings. The number of hydrogen-bond acceptors (Lipinski definition) is 3. The van der Waals surface area contributed by atoms with Gasteiger partial charge in [0.2, 0.25) is 0 Å². The number of fused-ring (bicyclic) bond motifs is 5. The van der Waals surface area contributed by atoms with Crippen LogP contribution in [0.25, 0.3) is 0 Å². The van der Waals surface area contributed by atoms with Crippen LogP contribution in [0.4, 0.5) is 0 Å². The first-order valence-electron chi connectivity index (χ1n) is 19.4. The van der Waals surface area contributed by atoms with Gasteiger partial charge >= 0.3 is 0 Å². The van der Waals surface area contributed by atoms with Crippen molar-refractivity contribution < 1.29 is 14.2 Å². The highest BCUT2D eigenvalue weighted by Gasteiger charge is 2.59. The molecule has 3 heteroatoms. The van der Waals surface area contributed by atoms with Gasteiger partial charge in [-0.2, -0.15) is 0 Å². The van der Waals surface area contributed by atoms with Gasteiger partial charge in [0, 0.05) is 13.2 Å². The zero-order chi connectivity index (χ0) is 32.2. The first kappa shape index (κ1) is 36.5. The molecular formula is C41H74O3. The number of hydrogen-bond donors (Lipinski definition) is 0. The van der Waals surface area contributed by atoms with Crippen LogP contribution in [0.5, 0.6) is 0 Å². The maximum atomic E-state index is 6.60. The Labute approximate surface area is 274 Å². The van der Waals surface area contributed by atoms with Crippen LogP contribution in [0.15, 0.2) is 11.6 Å². The van der Waals surface area contributed by atoms with E-state index in [0.717, 1.165) is 87.4 Å². The van der Waals surface area contributed by atoms with E-state index in [2.05, 4.69) is 75.3 Å². The molecular weight excluding hydrogens is 540 g/mol. The van der Waals surface area contributed by atoms with Crippen molar-refractivity contribution in [1.29, 1.82) is 0 Å². The molecule has 0 spiro atoms. The first-order chi connectivity index (χ1) is 20.8. The third-order valence-corrected chi connectivity index (χ3v) is 13.8. The molecule has 0 N–H and O–H groups in total. The zero-order valence-corrected chi connectivity index (χ0v) is 31.1. The summed E-state index contributed by atoms with van der Waals surface area (Å²) >= 11 is 0. The predicted molar refractivity (Wildman–Crippen MR) is 187 cm³/mol. The van der Waals surface area contributed by atoms with E-state index in [1.165, 1.54) is 64.2 Å². The fourth-order valence-electron chi connectivity index (χ4n) is 10.6. The van der Waals surface area contributed by atoms with Gasteiger partial charge in [-0.15, -0.1) is 0 Å². The van der Waals surface area contributed by atoms with Crippen LogP contribution < -0.4 is 0 Å². The topological polar surface area (TPSA) is 27.7 Å². The van der Waals surface area contributed by atoms with E-state index in [-0.39, 0.29) is 11.2 Å². The lowest BCUT2D eigenvalue weighted by Crippen LogP contribution is -2.51. The van der Waals surface area contributed by atoms with Crippen LogP contribution in [-0.4, -0.2) is 37.1 Å². The van der Waals surface area contributed by atoms with E-state index in [4.69, 9.17) is 14.2 Å². The van der Waals surface area contributed by atoms with E-state index in [9.17, 15) is 0 Å². The molecule has 4 rings (SSSR count). The molecule has 3 saturated carbocycles. The van der Waals surface area contributed by atoms with E-state index >= 15 is 0 Å². The average molecular weight is 615 g/mol. The average Bonchev–Trinajstić information content (AvgIpc) is 3.33. The molecule has 0 aromatic heterocycles. The van der Waals surface area contributed by atoms with Crippen molar-refractivity contribution in [1.82, 2.24) is 0 Å². The molecule has 0 aromatic rings. The summed E-state index contributed by atoms with van der Waals surface area (Å²) in [5.41, 5.74) is 2.48. The Bertz CT molecular complexity index is 923. The Morgan fingerprint density at radius 1 is 0.864 bits per heavy atom. The van der Waals surface area contributed by atoms with Crippen molar-refractivity contribution in [3.63, 3.8) is 0 Å². The number of ether oxygens (including phenoxy) is 3. The van der Waals surface area contributed by atoms with Crippen LogP contribution in [0.2, 0.25) is 0 Å². The molecule has 0 aromatic carbocycles. The molecule has 0 aliphatic heterocycles. The van der Waals surface area contributed by atoms with Crippen LogP contribution >= 0.6 is 0 Å². The number of rotatable bonds is 17. The second-order valence-corrected chi connectivity index (χ2v) is 17.8. The highest BCUT2D eigenvalue weighted by atomic mass is 16.5. The summed E-state index contributed by atoms with van der Waals surface area (Å²) in [6, 6.07) is 0. The van der Waals surface area contributed by atoms with E-state index in [1.54, 1.807) is 5.57 Å². The van der Waals surface area contributed by atoms with Crippen molar-refractivity contribution in [2.45, 2.75) is 183 Å². The molecule has 44 heavy (non-hydrogen) atoms. The summed E-state index contributed by atoms with van der Waals surface area (Å²) in [7, 11) is 0. The Balaban J connectivity index is 1.26. The summed E-state index contributed by atoms with van der Waals surface area (Å²) in [6.45, 7) is 26.2. The minimum Gasteiger partial charge on any atom is -0.378 e. The molecule has 3 fully saturated rings. The van der Waals surface area contributed by atoms with Crippen molar-refractivity contribution in [3.05, 3.63) is 11.6 Å². The molecule has 0 amide bonds. The summed E-state index contributed by atoms with van der Waals surface area (Å²) in [5.74, 6) is 5.43. The number of allylic oxidation sites excluding steroid dienone is 1. The Morgan fingerprint density at radius 2 is 1.64 bits per heavy atom. The summed E-state index contributed by atoms with van der Waals surface area (Å²) in [6.07, 6.45) is 22.3. The lowest BCUT2D eigenvalue weighted by molar-refractivity contribution is -0.0948. The molecule has 0 radical (unpaired) electrons. The first-order valence-corrected chi connectivity index (χ1v) is 19.4. The molecule has 0 heterocycles. The van der Waals surface area contributed by atoms with Gasteiger partial charge in [-0.05, 0) is 144 Å². The van der Waals surface area contributed by atoms with Crippen molar-refractivity contribution >= 4 is 0 Å². The van der Waals surface area contributed by atoms with Gasteiger partial charge in [0.05, 0.1) is 23.9 Å². The zero-order valence-electron chi connectivity index (χ0n) is 31.1. The van der Waals surface area contributed by atoms with Gasteiger partial charge < -0.3 is 14.2 Å². The van der Waals surface area contributed by atoms with Gasteiger partial charge in [0.1, 0.15) is 0 Å². The Kier molecular flexibility index (Phi) is 12.6. The van der Waals surface area contributed by atoms with Gasteiger partial charge in [-0.1, -0.05) is 79.4 Å². The second kappa shape index (κ2) is 15.2. The van der Waals surface area contributed by atoms with Crippen LogP contribution in [0.1, 0.15) is 166 Å². The van der Waals surface area contributed by atoms with Crippen molar-refractivity contribution in [3.8, 4) is 0 Å². The standard InChI is InChI=1S/C41H74O3/c1-11-26-44-39(8,12-2)25-28-43-38(6,7)24-27-42-33-20-22-40(9)32(29-33)16-17-34-36-19-18-35(31(5)15-13-14-30(3)4)41(36,10)23-21-37(34)40/h16,30-31,33-37H,11-15,17-29H2,1-10H3/t31?,33?,34?,35?,36?,37?,39?,40-,41+/m0/s1. The van der Waals surface area contributed by atoms with Crippen molar-refractivity contribution in [2.24, 2.45) is 46.3 Å². The van der Waals surface area contributed by atoms with E-state index < -0.39 is 0 Å². The van der Waals surface area contributed by atoms with Gasteiger partial charge in [0.15, 0.2) is 0 Å². The highest BCUT2D eigenvalue weighted by Crippen LogP contribution is 2.67. The quantitative estimate of drug-likeness (QED) is 0.153. The normalized spacial score (nSPS) is 35.9. The Hall–Kier alpha value is -0.380. The van der Waals surface area contributed by atoms with E-state index in [0.29, 0.717) is 16.9 Å². The van der Waals surface area contributed by atoms with Crippen molar-refractivity contribution in [2.75, 3.05) is 19.8 Å². The molecule has 0 bridgehead atoms. The fraction of sp³-hybridized carbons (Fsp3) is 0.951. The fourth-order valence-corrected chi connectivity index (χ4v) is 10.6. The maximum absolute atomic E-state index is 6.60. The molecule has 9 atom stereocenters. The van der Waals surface area contributed by atoms with E-state index in [1.807, 2.05) is 0 Å². The largest absolute Gasteiger partial charge is 0.378 e. The maximum Gasteiger partial charge on any atom is 0.0673 e. The minimum atomic E-state index is -0.167. The smallest absolute Gasteiger partial charge is 0.0673 e. The third-order valence-electron chi connectivity index (χ3n) is 13.8.